The van der Waals surface area contributed by atoms with E-state index in [0.717, 1.165) is 277 Å². The first kappa shape index (κ1) is 86.4. The SMILES string of the molecule is CCC(COC1CC(OC2CC(OC3CC(OC4CC(OC5CC(OC)CC(C6CO6)C5)CC(C5CO5)C4)CC(C4CO4)C3)CC(C3CO3)C2)CC(C2CO2)C1)(COC1CCCC(C2CC2)C1OC)COC1CCCC(C2CO2)C1OC1CCCC(C2CO2)C1OC1CCCC(C2CO2)C1OC1CCCC(C2CO2)C1OC1CCCC(C2CO2)C1OC. The molecule has 10 heterocycles. The van der Waals surface area contributed by atoms with Crippen molar-refractivity contribution in [3.63, 3.8) is 0 Å². The number of hydrogen-bond acceptors (Lipinski definition) is 24. The molecule has 690 valence electrons. The van der Waals surface area contributed by atoms with Crippen molar-refractivity contribution >= 4 is 0 Å². The second-order valence-corrected chi connectivity index (χ2v) is 43.8. The molecule has 22 fully saturated rings. The van der Waals surface area contributed by atoms with Gasteiger partial charge in [-0.1, -0.05) is 45.4 Å². The van der Waals surface area contributed by atoms with Gasteiger partial charge in [-0.25, -0.2) is 0 Å². The lowest BCUT2D eigenvalue weighted by atomic mass is 9.78. The van der Waals surface area contributed by atoms with Crippen LogP contribution in [-0.4, -0.2) is 303 Å². The van der Waals surface area contributed by atoms with Gasteiger partial charge in [-0.15, -0.1) is 0 Å². The van der Waals surface area contributed by atoms with Gasteiger partial charge < -0.3 is 114 Å². The van der Waals surface area contributed by atoms with Gasteiger partial charge in [0.05, 0.1) is 281 Å². The quantitative estimate of drug-likeness (QED) is 0.0517. The molecule has 0 radical (unpaired) electrons. The molecule has 0 aromatic heterocycles. The summed E-state index contributed by atoms with van der Waals surface area (Å²) in [6.45, 7) is 12.0. The number of hydrogen-bond donors (Lipinski definition) is 0. The van der Waals surface area contributed by atoms with Gasteiger partial charge in [0.1, 0.15) is 0 Å². The molecule has 0 spiro atoms. The zero-order chi connectivity index (χ0) is 81.5. The smallest absolute Gasteiger partial charge is 0.0895 e. The lowest BCUT2D eigenvalue weighted by molar-refractivity contribution is -0.247. The van der Waals surface area contributed by atoms with Crippen molar-refractivity contribution < 1.29 is 114 Å². The maximum Gasteiger partial charge on any atom is 0.0895 e. The fourth-order valence-electron chi connectivity index (χ4n) is 27.7. The van der Waals surface area contributed by atoms with Crippen LogP contribution < -0.4 is 0 Å². The molecule has 12 saturated carbocycles. The van der Waals surface area contributed by atoms with Crippen LogP contribution in [0.25, 0.3) is 0 Å². The van der Waals surface area contributed by atoms with Gasteiger partial charge in [0.2, 0.25) is 0 Å². The Balaban J connectivity index is 0.479. The van der Waals surface area contributed by atoms with Crippen molar-refractivity contribution in [2.45, 2.75) is 433 Å². The molecular weight excluding hydrogens is 1560 g/mol. The van der Waals surface area contributed by atoms with Gasteiger partial charge in [0.15, 0.2) is 0 Å². The van der Waals surface area contributed by atoms with Gasteiger partial charge in [0.25, 0.3) is 0 Å². The summed E-state index contributed by atoms with van der Waals surface area (Å²) in [7, 11) is 5.65. The fraction of sp³-hybridized carbons (Fsp3) is 1.00. The Hall–Kier alpha value is -0.960. The minimum atomic E-state index is -0.454. The van der Waals surface area contributed by atoms with Crippen LogP contribution in [0.3, 0.4) is 0 Å². The maximum absolute atomic E-state index is 7.99. The van der Waals surface area contributed by atoms with Gasteiger partial charge >= 0.3 is 0 Å². The van der Waals surface area contributed by atoms with Crippen LogP contribution in [0.4, 0.5) is 0 Å². The highest BCUT2D eigenvalue weighted by molar-refractivity contribution is 5.06. The summed E-state index contributed by atoms with van der Waals surface area (Å²) in [6, 6.07) is 0. The molecule has 0 bridgehead atoms. The number of epoxide rings is 10. The van der Waals surface area contributed by atoms with Gasteiger partial charge in [0, 0.05) is 56.3 Å². The highest BCUT2D eigenvalue weighted by Crippen LogP contribution is 2.53. The van der Waals surface area contributed by atoms with E-state index in [0.29, 0.717) is 73.5 Å². The predicted octanol–water partition coefficient (Wildman–Crippen LogP) is 12.8. The Morgan fingerprint density at radius 1 is 0.213 bits per heavy atom. The first-order valence-electron chi connectivity index (χ1n) is 50.9. The molecule has 22 aliphatic rings. The highest BCUT2D eigenvalue weighted by atomic mass is 16.6. The minimum absolute atomic E-state index is 0.00240. The first-order valence-corrected chi connectivity index (χ1v) is 50.9. The third kappa shape index (κ3) is 21.3. The average molecular weight is 1720 g/mol. The number of methoxy groups -OCH3 is 3. The normalized spacial score (nSPS) is 52.0. The van der Waals surface area contributed by atoms with Crippen LogP contribution >= 0.6 is 0 Å². The molecule has 0 N–H and O–H groups in total. The second kappa shape index (κ2) is 38.6. The third-order valence-electron chi connectivity index (χ3n) is 35.3. The van der Waals surface area contributed by atoms with E-state index < -0.39 is 5.41 Å². The van der Waals surface area contributed by atoms with E-state index in [1.54, 1.807) is 0 Å². The summed E-state index contributed by atoms with van der Waals surface area (Å²) in [5.41, 5.74) is -0.454. The van der Waals surface area contributed by atoms with E-state index in [4.69, 9.17) is 114 Å². The summed E-state index contributed by atoms with van der Waals surface area (Å²) in [4.78, 5) is 0. The van der Waals surface area contributed by atoms with Gasteiger partial charge in [-0.2, -0.15) is 0 Å². The third-order valence-corrected chi connectivity index (χ3v) is 35.3. The molecule has 44 unspecified atom stereocenters. The lowest BCUT2D eigenvalue weighted by Gasteiger charge is -2.48. The van der Waals surface area contributed by atoms with E-state index in [-0.39, 0.29) is 207 Å². The molecule has 24 nitrogen and oxygen atoms in total. The summed E-state index contributed by atoms with van der Waals surface area (Å²) < 4.78 is 164. The highest BCUT2D eigenvalue weighted by Gasteiger charge is 2.58. The molecule has 44 atom stereocenters. The molecule has 0 aromatic rings. The number of rotatable bonds is 40. The molecule has 10 saturated heterocycles. The largest absolute Gasteiger partial charge is 0.381 e. The first-order chi connectivity index (χ1) is 60.0. The molecule has 122 heavy (non-hydrogen) atoms. The van der Waals surface area contributed by atoms with Gasteiger partial charge in [-0.3, -0.25) is 0 Å². The monoisotopic (exact) mass is 1720 g/mol. The number of ether oxygens (including phenoxy) is 24. The average Bonchev–Trinajstić information content (AvgIpc) is 1.50. The van der Waals surface area contributed by atoms with Crippen molar-refractivity contribution in [3.8, 4) is 0 Å². The molecule has 0 amide bonds. The minimum Gasteiger partial charge on any atom is -0.381 e. The molecule has 0 aromatic carbocycles. The van der Waals surface area contributed by atoms with Crippen molar-refractivity contribution in [3.05, 3.63) is 0 Å². The van der Waals surface area contributed by atoms with E-state index in [1.807, 2.05) is 21.3 Å². The zero-order valence-electron chi connectivity index (χ0n) is 74.3. The van der Waals surface area contributed by atoms with Crippen LogP contribution in [0.15, 0.2) is 0 Å². The Labute approximate surface area is 727 Å². The molecule has 10 aliphatic heterocycles. The van der Waals surface area contributed by atoms with Crippen LogP contribution in [0.1, 0.15) is 238 Å². The van der Waals surface area contributed by atoms with E-state index in [9.17, 15) is 0 Å². The predicted molar refractivity (Wildman–Crippen MR) is 444 cm³/mol. The van der Waals surface area contributed by atoms with Crippen molar-refractivity contribution in [1.82, 2.24) is 0 Å². The Morgan fingerprint density at radius 3 is 0.746 bits per heavy atom. The van der Waals surface area contributed by atoms with Gasteiger partial charge in [-0.05, 0) is 234 Å². The summed E-state index contributed by atoms with van der Waals surface area (Å²) in [6.07, 6.45) is 39.3. The fourth-order valence-corrected chi connectivity index (χ4v) is 27.7. The summed E-state index contributed by atoms with van der Waals surface area (Å²) in [5.74, 6) is 4.69. The Morgan fingerprint density at radius 2 is 0.451 bits per heavy atom. The molecule has 24 heteroatoms. The zero-order valence-corrected chi connectivity index (χ0v) is 74.3. The summed E-state index contributed by atoms with van der Waals surface area (Å²) >= 11 is 0. The van der Waals surface area contributed by atoms with Crippen molar-refractivity contribution in [2.75, 3.05) is 107 Å². The van der Waals surface area contributed by atoms with Crippen LogP contribution in [-0.2, 0) is 114 Å². The van der Waals surface area contributed by atoms with Crippen molar-refractivity contribution in [1.29, 1.82) is 0 Å². The Kier molecular flexibility index (Phi) is 27.3. The molecular formula is C98H154O24. The standard InChI is InChI=1S/C98H154O24/c1-5-98(52-113-76-18-6-12-70(54-24-25-54)92(76)100-3,51-112-61-27-56(83-42-103-83)29-63(37-61)116-65-31-58(85-44-105-85)33-67(39-65)118-69-35-59(86-45-106-86)34-68(40-69)117-66-32-57(84-43-104-84)30-64(38-66)115-62-28-55(82-41-102-82)26-60(36-62)99-2)53-114-77-19-7-14-72(88-47-108-88)94(77)120-79-21-9-16-74(90-49-110-90)96(79)122-81-23-11-17-75(91-50-111-91)97(81)121-80-22-10-15-73(89-48-109-89)95(80)119-78-20-8-13-71(87-46-107-87)93(78)101-4/h54-97H,5-53H2,1-4H3. The molecule has 12 aliphatic carbocycles. The summed E-state index contributed by atoms with van der Waals surface area (Å²) in [5, 5.41) is 0. The van der Waals surface area contributed by atoms with Crippen molar-refractivity contribution in [2.24, 2.45) is 76.4 Å². The van der Waals surface area contributed by atoms with Crippen LogP contribution in [0, 0.1) is 76.4 Å². The lowest BCUT2D eigenvalue weighted by Crippen LogP contribution is -2.56. The molecule has 22 rings (SSSR count). The van der Waals surface area contributed by atoms with E-state index in [1.165, 1.54) is 25.7 Å². The van der Waals surface area contributed by atoms with Crippen LogP contribution in [0.2, 0.25) is 0 Å². The Bertz CT molecular complexity index is 3300. The second-order valence-electron chi connectivity index (χ2n) is 43.8. The van der Waals surface area contributed by atoms with E-state index >= 15 is 0 Å². The topological polar surface area (TPSA) is 255 Å². The van der Waals surface area contributed by atoms with E-state index in [2.05, 4.69) is 6.92 Å². The maximum atomic E-state index is 7.99. The van der Waals surface area contributed by atoms with Crippen LogP contribution in [0.5, 0.6) is 0 Å².